The van der Waals surface area contributed by atoms with Crippen molar-refractivity contribution in [2.75, 3.05) is 13.6 Å². The van der Waals surface area contributed by atoms with E-state index in [0.29, 0.717) is 13.0 Å². The van der Waals surface area contributed by atoms with Crippen molar-refractivity contribution in [3.05, 3.63) is 0 Å². The minimum absolute atomic E-state index is 0.0744. The van der Waals surface area contributed by atoms with Crippen LogP contribution in [0.2, 0.25) is 0 Å². The lowest BCUT2D eigenvalue weighted by molar-refractivity contribution is -0.132. The molecule has 0 saturated carbocycles. The number of hydrogen-bond acceptors (Lipinski definition) is 3. The number of amides is 1. The molecule has 0 heterocycles. The summed E-state index contributed by atoms with van der Waals surface area (Å²) in [7, 11) is 1.68. The summed E-state index contributed by atoms with van der Waals surface area (Å²) in [5, 5.41) is 8.37. The normalized spacial score (nSPS) is 14.2. The summed E-state index contributed by atoms with van der Waals surface area (Å²) in [4.78, 5) is 13.2. The number of nitrogens with two attached hydrogens (primary N) is 1. The molecular weight excluding hydrogens is 178 g/mol. The van der Waals surface area contributed by atoms with Crippen molar-refractivity contribution < 1.29 is 4.79 Å². The predicted molar refractivity (Wildman–Crippen MR) is 55.3 cm³/mol. The van der Waals surface area contributed by atoms with Gasteiger partial charge in [0.1, 0.15) is 0 Å². The Hall–Kier alpha value is -1.08. The molecule has 0 aromatic rings. The fraction of sp³-hybridized carbons (Fsp3) is 0.800. The van der Waals surface area contributed by atoms with Gasteiger partial charge in [0, 0.05) is 13.6 Å². The summed E-state index contributed by atoms with van der Waals surface area (Å²) in [6.07, 6.45) is 1.24. The molecule has 4 heteroatoms. The molecule has 0 aliphatic carbocycles. The van der Waals surface area contributed by atoms with Gasteiger partial charge >= 0.3 is 0 Å². The maximum Gasteiger partial charge on any atom is 0.239 e. The molecule has 1 amide bonds. The van der Waals surface area contributed by atoms with Crippen LogP contribution in [-0.4, -0.2) is 30.4 Å². The highest BCUT2D eigenvalue weighted by atomic mass is 16.2. The van der Waals surface area contributed by atoms with Crippen molar-refractivity contribution >= 4 is 5.91 Å². The van der Waals surface area contributed by atoms with Crippen molar-refractivity contribution in [3.63, 3.8) is 0 Å². The van der Waals surface area contributed by atoms with Gasteiger partial charge in [-0.1, -0.05) is 20.3 Å². The molecule has 0 aromatic heterocycles. The van der Waals surface area contributed by atoms with E-state index >= 15 is 0 Å². The standard InChI is InChI=1S/C10H19N3O/c1-4-8(2)9(12)10(14)13(3)7-5-6-11/h8-9H,4-5,7,12H2,1-3H3/t8?,9-/m0/s1. The van der Waals surface area contributed by atoms with E-state index in [1.165, 1.54) is 4.90 Å². The van der Waals surface area contributed by atoms with Gasteiger partial charge in [0.05, 0.1) is 18.5 Å². The smallest absolute Gasteiger partial charge is 0.239 e. The lowest BCUT2D eigenvalue weighted by Crippen LogP contribution is -2.45. The van der Waals surface area contributed by atoms with Gasteiger partial charge in [0.15, 0.2) is 0 Å². The molecule has 0 fully saturated rings. The van der Waals surface area contributed by atoms with Gasteiger partial charge in [-0.25, -0.2) is 0 Å². The lowest BCUT2D eigenvalue weighted by atomic mass is 9.99. The Kier molecular flexibility index (Phi) is 5.89. The zero-order valence-corrected chi connectivity index (χ0v) is 9.16. The average Bonchev–Trinajstić information content (AvgIpc) is 2.22. The van der Waals surface area contributed by atoms with Crippen LogP contribution >= 0.6 is 0 Å². The quantitative estimate of drug-likeness (QED) is 0.706. The fourth-order valence-corrected chi connectivity index (χ4v) is 1.08. The first-order valence-electron chi connectivity index (χ1n) is 4.92. The Labute approximate surface area is 85.7 Å². The Morgan fingerprint density at radius 2 is 2.21 bits per heavy atom. The first-order valence-corrected chi connectivity index (χ1v) is 4.92. The highest BCUT2D eigenvalue weighted by Crippen LogP contribution is 2.07. The summed E-state index contributed by atoms with van der Waals surface area (Å²) in [5.74, 6) is 0.113. The molecule has 0 spiro atoms. The Balaban J connectivity index is 4.11. The lowest BCUT2D eigenvalue weighted by Gasteiger charge is -2.23. The molecule has 0 aliphatic heterocycles. The van der Waals surface area contributed by atoms with Gasteiger partial charge < -0.3 is 10.6 Å². The molecule has 0 aromatic carbocycles. The summed E-state index contributed by atoms with van der Waals surface area (Å²) >= 11 is 0. The number of carbonyl (C=O) groups excluding carboxylic acids is 1. The number of likely N-dealkylation sites (N-methyl/N-ethyl adjacent to an activating group) is 1. The molecule has 1 unspecified atom stereocenters. The van der Waals surface area contributed by atoms with Crippen LogP contribution in [0.3, 0.4) is 0 Å². The van der Waals surface area contributed by atoms with E-state index in [1.54, 1.807) is 7.05 Å². The number of nitrogens with zero attached hydrogens (tertiary/aromatic N) is 2. The maximum atomic E-state index is 11.6. The highest BCUT2D eigenvalue weighted by molar-refractivity contribution is 5.81. The largest absolute Gasteiger partial charge is 0.343 e. The second-order valence-corrected chi connectivity index (χ2v) is 3.58. The first kappa shape index (κ1) is 12.9. The molecule has 0 rings (SSSR count). The predicted octanol–water partition coefficient (Wildman–Crippen LogP) is 0.732. The second kappa shape index (κ2) is 6.39. The van der Waals surface area contributed by atoms with Crippen LogP contribution < -0.4 is 5.73 Å². The van der Waals surface area contributed by atoms with Crippen LogP contribution in [0, 0.1) is 17.2 Å². The van der Waals surface area contributed by atoms with E-state index in [0.717, 1.165) is 6.42 Å². The van der Waals surface area contributed by atoms with Crippen molar-refractivity contribution in [1.29, 1.82) is 5.26 Å². The van der Waals surface area contributed by atoms with E-state index in [-0.39, 0.29) is 11.8 Å². The van der Waals surface area contributed by atoms with Gasteiger partial charge in [-0.15, -0.1) is 0 Å². The van der Waals surface area contributed by atoms with Crippen LogP contribution in [-0.2, 0) is 4.79 Å². The summed E-state index contributed by atoms with van der Waals surface area (Å²) < 4.78 is 0. The number of carbonyl (C=O) groups is 1. The Bertz CT molecular complexity index is 222. The van der Waals surface area contributed by atoms with Gasteiger partial charge in [0.25, 0.3) is 0 Å². The van der Waals surface area contributed by atoms with Crippen molar-refractivity contribution in [3.8, 4) is 6.07 Å². The van der Waals surface area contributed by atoms with Crippen LogP contribution in [0.4, 0.5) is 0 Å². The van der Waals surface area contributed by atoms with Crippen LogP contribution in [0.15, 0.2) is 0 Å². The summed E-state index contributed by atoms with van der Waals surface area (Å²) in [6.45, 7) is 4.42. The SMILES string of the molecule is CCC(C)[C@H](N)C(=O)N(C)CCC#N. The number of rotatable bonds is 5. The molecule has 80 valence electrons. The summed E-state index contributed by atoms with van der Waals surface area (Å²) in [5.41, 5.74) is 5.77. The van der Waals surface area contributed by atoms with Gasteiger partial charge in [-0.2, -0.15) is 5.26 Å². The van der Waals surface area contributed by atoms with E-state index < -0.39 is 6.04 Å². The average molecular weight is 197 g/mol. The van der Waals surface area contributed by atoms with Crippen LogP contribution in [0.5, 0.6) is 0 Å². The molecule has 14 heavy (non-hydrogen) atoms. The topological polar surface area (TPSA) is 70.1 Å². The van der Waals surface area contributed by atoms with E-state index in [4.69, 9.17) is 11.0 Å². The van der Waals surface area contributed by atoms with Crippen LogP contribution in [0.25, 0.3) is 0 Å². The summed E-state index contributed by atoms with van der Waals surface area (Å²) in [6, 6.07) is 1.56. The second-order valence-electron chi connectivity index (χ2n) is 3.58. The van der Waals surface area contributed by atoms with Crippen LogP contribution in [0.1, 0.15) is 26.7 Å². The van der Waals surface area contributed by atoms with Crippen molar-refractivity contribution in [2.24, 2.45) is 11.7 Å². The third-order valence-corrected chi connectivity index (χ3v) is 2.48. The Morgan fingerprint density at radius 3 is 2.64 bits per heavy atom. The monoisotopic (exact) mass is 197 g/mol. The van der Waals surface area contributed by atoms with E-state index in [9.17, 15) is 4.79 Å². The molecular formula is C10H19N3O. The minimum atomic E-state index is -0.441. The fourth-order valence-electron chi connectivity index (χ4n) is 1.08. The number of nitriles is 1. The highest BCUT2D eigenvalue weighted by Gasteiger charge is 2.22. The molecule has 2 N–H and O–H groups in total. The minimum Gasteiger partial charge on any atom is -0.343 e. The van der Waals surface area contributed by atoms with E-state index in [1.807, 2.05) is 19.9 Å². The first-order chi connectivity index (χ1) is 6.54. The van der Waals surface area contributed by atoms with Gasteiger partial charge in [0.2, 0.25) is 5.91 Å². The molecule has 0 bridgehead atoms. The zero-order chi connectivity index (χ0) is 11.1. The third-order valence-electron chi connectivity index (χ3n) is 2.48. The zero-order valence-electron chi connectivity index (χ0n) is 9.16. The van der Waals surface area contributed by atoms with Gasteiger partial charge in [-0.05, 0) is 5.92 Å². The van der Waals surface area contributed by atoms with Crippen molar-refractivity contribution in [2.45, 2.75) is 32.7 Å². The molecule has 4 nitrogen and oxygen atoms in total. The van der Waals surface area contributed by atoms with E-state index in [2.05, 4.69) is 0 Å². The van der Waals surface area contributed by atoms with Gasteiger partial charge in [-0.3, -0.25) is 4.79 Å². The molecule has 2 atom stereocenters. The third kappa shape index (κ3) is 3.75. The Morgan fingerprint density at radius 1 is 1.64 bits per heavy atom. The van der Waals surface area contributed by atoms with Crippen molar-refractivity contribution in [1.82, 2.24) is 4.90 Å². The maximum absolute atomic E-state index is 11.6. The number of hydrogen-bond donors (Lipinski definition) is 1. The molecule has 0 saturated heterocycles. The molecule has 0 aliphatic rings. The molecule has 0 radical (unpaired) electrons.